The third-order valence-electron chi connectivity index (χ3n) is 4.73. The Hall–Kier alpha value is -1.33. The van der Waals surface area contributed by atoms with Gasteiger partial charge in [0.15, 0.2) is 0 Å². The molecule has 0 unspecified atom stereocenters. The summed E-state index contributed by atoms with van der Waals surface area (Å²) in [6.45, 7) is 11.6. The maximum absolute atomic E-state index is 12.3. The van der Waals surface area contributed by atoms with Crippen LogP contribution in [0.3, 0.4) is 0 Å². The van der Waals surface area contributed by atoms with Crippen LogP contribution in [0.5, 0.6) is 0 Å². The van der Waals surface area contributed by atoms with Crippen LogP contribution in [0.2, 0.25) is 0 Å². The van der Waals surface area contributed by atoms with Crippen molar-refractivity contribution < 1.29 is 9.21 Å². The monoisotopic (exact) mass is 321 g/mol. The molecule has 0 aromatic carbocycles. The number of furan rings is 1. The van der Waals surface area contributed by atoms with Gasteiger partial charge in [0, 0.05) is 13.1 Å². The van der Waals surface area contributed by atoms with Crippen LogP contribution in [0.15, 0.2) is 22.8 Å². The van der Waals surface area contributed by atoms with Gasteiger partial charge in [-0.05, 0) is 50.5 Å². The van der Waals surface area contributed by atoms with E-state index in [1.54, 1.807) is 6.26 Å². The van der Waals surface area contributed by atoms with Gasteiger partial charge >= 0.3 is 0 Å². The summed E-state index contributed by atoms with van der Waals surface area (Å²) in [6.07, 6.45) is 4.17. The average molecular weight is 321 g/mol. The van der Waals surface area contributed by atoms with Crippen molar-refractivity contribution in [1.82, 2.24) is 15.1 Å². The summed E-state index contributed by atoms with van der Waals surface area (Å²) < 4.78 is 5.57. The summed E-state index contributed by atoms with van der Waals surface area (Å²) in [5, 5.41) is 3.10. The van der Waals surface area contributed by atoms with E-state index in [1.165, 1.54) is 12.8 Å². The number of amides is 1. The molecule has 1 aromatic rings. The number of nitrogens with zero attached hydrogens (tertiary/aromatic N) is 2. The van der Waals surface area contributed by atoms with E-state index in [2.05, 4.69) is 35.9 Å². The summed E-state index contributed by atoms with van der Waals surface area (Å²) in [7, 11) is 0. The molecule has 0 radical (unpaired) electrons. The fourth-order valence-corrected chi connectivity index (χ4v) is 3.45. The van der Waals surface area contributed by atoms with E-state index in [1.807, 2.05) is 12.1 Å². The van der Waals surface area contributed by atoms with E-state index < -0.39 is 0 Å². The lowest BCUT2D eigenvalue weighted by molar-refractivity contribution is -0.122. The molecule has 2 atom stereocenters. The Morgan fingerprint density at radius 3 is 2.87 bits per heavy atom. The van der Waals surface area contributed by atoms with Gasteiger partial charge in [0.05, 0.1) is 18.8 Å². The molecule has 1 amide bonds. The molecule has 2 heterocycles. The summed E-state index contributed by atoms with van der Waals surface area (Å²) in [5.74, 6) is 1.73. The molecule has 1 fully saturated rings. The first kappa shape index (κ1) is 18.0. The van der Waals surface area contributed by atoms with Crippen molar-refractivity contribution in [3.05, 3.63) is 24.2 Å². The maximum atomic E-state index is 12.3. The molecule has 1 saturated heterocycles. The molecule has 0 saturated carbocycles. The van der Waals surface area contributed by atoms with E-state index in [-0.39, 0.29) is 11.9 Å². The average Bonchev–Trinajstić information content (AvgIpc) is 3.05. The van der Waals surface area contributed by atoms with Gasteiger partial charge in [-0.1, -0.05) is 20.8 Å². The van der Waals surface area contributed by atoms with Crippen LogP contribution in [0.4, 0.5) is 0 Å². The number of rotatable bonds is 8. The molecule has 1 aliphatic rings. The van der Waals surface area contributed by atoms with Crippen molar-refractivity contribution in [2.45, 2.75) is 39.7 Å². The van der Waals surface area contributed by atoms with E-state index in [9.17, 15) is 4.79 Å². The highest BCUT2D eigenvalue weighted by atomic mass is 16.3. The molecule has 1 aliphatic heterocycles. The molecule has 0 spiro atoms. The number of carbonyl (C=O) groups excluding carboxylic acids is 1. The molecule has 2 rings (SSSR count). The lowest BCUT2D eigenvalue weighted by Gasteiger charge is -2.31. The number of likely N-dealkylation sites (N-methyl/N-ethyl adjacent to an activating group) is 1. The second-order valence-electron chi connectivity index (χ2n) is 6.54. The maximum Gasteiger partial charge on any atom is 0.234 e. The molecule has 0 aliphatic carbocycles. The fourth-order valence-electron chi connectivity index (χ4n) is 3.45. The Labute approximate surface area is 140 Å². The highest BCUT2D eigenvalue weighted by Crippen LogP contribution is 2.20. The van der Waals surface area contributed by atoms with Gasteiger partial charge in [0.1, 0.15) is 5.76 Å². The molecule has 130 valence electrons. The summed E-state index contributed by atoms with van der Waals surface area (Å²) in [6, 6.07) is 3.99. The second kappa shape index (κ2) is 9.08. The first-order valence-electron chi connectivity index (χ1n) is 8.90. The number of carbonyl (C=O) groups is 1. The smallest absolute Gasteiger partial charge is 0.234 e. The Balaban J connectivity index is 1.86. The van der Waals surface area contributed by atoms with Gasteiger partial charge in [0.2, 0.25) is 5.91 Å². The molecule has 5 heteroatoms. The molecular formula is C18H31N3O2. The topological polar surface area (TPSA) is 48.7 Å². The zero-order valence-corrected chi connectivity index (χ0v) is 14.8. The number of hydrogen-bond acceptors (Lipinski definition) is 4. The van der Waals surface area contributed by atoms with Crippen molar-refractivity contribution in [2.24, 2.45) is 5.92 Å². The number of likely N-dealkylation sites (tertiary alicyclic amines) is 1. The fraction of sp³-hybridized carbons (Fsp3) is 0.722. The van der Waals surface area contributed by atoms with Crippen molar-refractivity contribution in [1.29, 1.82) is 0 Å². The SMILES string of the molecule is CCN(CC)[C@@H](CNC(=O)CN1CCC[C@@H](C)C1)c1ccco1. The van der Waals surface area contributed by atoms with E-state index in [4.69, 9.17) is 4.42 Å². The van der Waals surface area contributed by atoms with Gasteiger partial charge in [-0.2, -0.15) is 0 Å². The van der Waals surface area contributed by atoms with Crippen LogP contribution in [-0.4, -0.2) is 55.0 Å². The third kappa shape index (κ3) is 5.36. The van der Waals surface area contributed by atoms with E-state index in [0.29, 0.717) is 19.0 Å². The summed E-state index contributed by atoms with van der Waals surface area (Å²) in [4.78, 5) is 16.9. The standard InChI is InChI=1S/C18H31N3O2/c1-4-21(5-2)16(17-9-7-11-23-17)12-19-18(22)14-20-10-6-8-15(3)13-20/h7,9,11,15-16H,4-6,8,10,12-14H2,1-3H3,(H,19,22)/t15-,16+/m1/s1. The van der Waals surface area contributed by atoms with Crippen molar-refractivity contribution in [3.8, 4) is 0 Å². The van der Waals surface area contributed by atoms with Crippen LogP contribution in [-0.2, 0) is 4.79 Å². The first-order valence-corrected chi connectivity index (χ1v) is 8.90. The number of nitrogens with one attached hydrogen (secondary N) is 1. The van der Waals surface area contributed by atoms with Gasteiger partial charge in [-0.15, -0.1) is 0 Å². The molecular weight excluding hydrogens is 290 g/mol. The van der Waals surface area contributed by atoms with Crippen LogP contribution in [0.25, 0.3) is 0 Å². The first-order chi connectivity index (χ1) is 11.1. The minimum atomic E-state index is 0.101. The molecule has 1 N–H and O–H groups in total. The van der Waals surface area contributed by atoms with Gasteiger partial charge in [-0.3, -0.25) is 14.6 Å². The minimum absolute atomic E-state index is 0.101. The molecule has 1 aromatic heterocycles. The zero-order valence-electron chi connectivity index (χ0n) is 14.8. The Morgan fingerprint density at radius 1 is 1.48 bits per heavy atom. The van der Waals surface area contributed by atoms with Gasteiger partial charge in [0.25, 0.3) is 0 Å². The number of piperidine rings is 1. The van der Waals surface area contributed by atoms with E-state index >= 15 is 0 Å². The predicted octanol–water partition coefficient (Wildman–Crippen LogP) is 2.51. The second-order valence-corrected chi connectivity index (χ2v) is 6.54. The van der Waals surface area contributed by atoms with Crippen LogP contribution >= 0.6 is 0 Å². The molecule has 23 heavy (non-hydrogen) atoms. The third-order valence-corrected chi connectivity index (χ3v) is 4.73. The summed E-state index contributed by atoms with van der Waals surface area (Å²) >= 11 is 0. The van der Waals surface area contributed by atoms with Crippen molar-refractivity contribution in [3.63, 3.8) is 0 Å². The zero-order chi connectivity index (χ0) is 16.7. The highest BCUT2D eigenvalue weighted by molar-refractivity contribution is 5.78. The minimum Gasteiger partial charge on any atom is -0.468 e. The van der Waals surface area contributed by atoms with Gasteiger partial charge in [-0.25, -0.2) is 0 Å². The quantitative estimate of drug-likeness (QED) is 0.799. The Bertz CT molecular complexity index is 457. The summed E-state index contributed by atoms with van der Waals surface area (Å²) in [5.41, 5.74) is 0. The van der Waals surface area contributed by atoms with Crippen molar-refractivity contribution in [2.75, 3.05) is 39.3 Å². The Morgan fingerprint density at radius 2 is 2.26 bits per heavy atom. The molecule has 0 bridgehead atoms. The predicted molar refractivity (Wildman–Crippen MR) is 92.2 cm³/mol. The number of hydrogen-bond donors (Lipinski definition) is 1. The van der Waals surface area contributed by atoms with Crippen LogP contribution in [0.1, 0.15) is 45.4 Å². The lowest BCUT2D eigenvalue weighted by atomic mass is 10.0. The molecule has 5 nitrogen and oxygen atoms in total. The highest BCUT2D eigenvalue weighted by Gasteiger charge is 2.23. The van der Waals surface area contributed by atoms with E-state index in [0.717, 1.165) is 31.9 Å². The lowest BCUT2D eigenvalue weighted by Crippen LogP contribution is -2.44. The van der Waals surface area contributed by atoms with Crippen molar-refractivity contribution >= 4 is 5.91 Å². The van der Waals surface area contributed by atoms with Gasteiger partial charge < -0.3 is 9.73 Å². The normalized spacial score (nSPS) is 20.6. The Kier molecular flexibility index (Phi) is 7.12. The van der Waals surface area contributed by atoms with Crippen LogP contribution in [0, 0.1) is 5.92 Å². The largest absolute Gasteiger partial charge is 0.468 e. The van der Waals surface area contributed by atoms with Crippen LogP contribution < -0.4 is 5.32 Å².